The van der Waals surface area contributed by atoms with Crippen molar-refractivity contribution in [2.24, 2.45) is 0 Å². The van der Waals surface area contributed by atoms with E-state index in [0.29, 0.717) is 13.0 Å². The summed E-state index contributed by atoms with van der Waals surface area (Å²) < 4.78 is 40.6. The lowest BCUT2D eigenvalue weighted by atomic mass is 10.0. The van der Waals surface area contributed by atoms with Crippen LogP contribution in [-0.2, 0) is 22.9 Å². The molecule has 0 aliphatic carbocycles. The fraction of sp³-hybridized carbons (Fsp3) is 0.294. The predicted octanol–water partition coefficient (Wildman–Crippen LogP) is 3.15. The second-order valence-electron chi connectivity index (χ2n) is 5.47. The molecule has 0 atom stereocenters. The van der Waals surface area contributed by atoms with Gasteiger partial charge in [-0.1, -0.05) is 42.5 Å². The lowest BCUT2D eigenvalue weighted by Crippen LogP contribution is -2.38. The molecule has 1 heterocycles. The smallest absolute Gasteiger partial charge is 0.235 e. The van der Waals surface area contributed by atoms with Gasteiger partial charge in [-0.15, -0.1) is 0 Å². The zero-order chi connectivity index (χ0) is 15.6. The molecule has 22 heavy (non-hydrogen) atoms. The second kappa shape index (κ2) is 6.08. The molecule has 3 rings (SSSR count). The van der Waals surface area contributed by atoms with Crippen molar-refractivity contribution in [2.45, 2.75) is 19.3 Å². The van der Waals surface area contributed by atoms with Crippen LogP contribution in [0.5, 0.6) is 0 Å². The second-order valence-corrected chi connectivity index (χ2v) is 7.49. The zero-order valence-electron chi connectivity index (χ0n) is 12.2. The number of hydrogen-bond acceptors (Lipinski definition) is 2. The molecule has 0 N–H and O–H groups in total. The van der Waals surface area contributed by atoms with Gasteiger partial charge >= 0.3 is 0 Å². The van der Waals surface area contributed by atoms with E-state index in [1.807, 2.05) is 30.3 Å². The lowest BCUT2D eigenvalue weighted by molar-refractivity contribution is 0.576. The maximum atomic E-state index is 14.1. The van der Waals surface area contributed by atoms with Crippen molar-refractivity contribution in [1.29, 1.82) is 0 Å². The van der Waals surface area contributed by atoms with Gasteiger partial charge in [-0.2, -0.15) is 0 Å². The standard InChI is InChI=1S/C17H18FNO2S/c18-16-10-4-8-15-9-5-12-19(17(15)16)22(20,21)13-11-14-6-2-1-3-7-14/h1-4,6-8,10H,5,9,11-13H2. The summed E-state index contributed by atoms with van der Waals surface area (Å²) in [5, 5.41) is 0. The summed E-state index contributed by atoms with van der Waals surface area (Å²) in [5.41, 5.74) is 1.98. The summed E-state index contributed by atoms with van der Waals surface area (Å²) in [6.07, 6.45) is 1.88. The lowest BCUT2D eigenvalue weighted by Gasteiger charge is -2.30. The molecule has 0 radical (unpaired) electrons. The number of aryl methyl sites for hydroxylation is 2. The minimum Gasteiger partial charge on any atom is -0.267 e. The van der Waals surface area contributed by atoms with E-state index in [0.717, 1.165) is 24.0 Å². The number of fused-ring (bicyclic) bond motifs is 1. The summed E-state index contributed by atoms with van der Waals surface area (Å²) in [7, 11) is -3.52. The number of sulfonamides is 1. The van der Waals surface area contributed by atoms with Crippen molar-refractivity contribution in [3.63, 3.8) is 0 Å². The highest BCUT2D eigenvalue weighted by Gasteiger charge is 2.29. The van der Waals surface area contributed by atoms with Crippen LogP contribution in [0.2, 0.25) is 0 Å². The van der Waals surface area contributed by atoms with Gasteiger partial charge in [-0.25, -0.2) is 12.8 Å². The van der Waals surface area contributed by atoms with E-state index in [9.17, 15) is 12.8 Å². The number of halogens is 1. The average Bonchev–Trinajstić information content (AvgIpc) is 2.54. The third kappa shape index (κ3) is 2.99. The highest BCUT2D eigenvalue weighted by Crippen LogP contribution is 2.32. The van der Waals surface area contributed by atoms with Crippen LogP contribution < -0.4 is 4.31 Å². The van der Waals surface area contributed by atoms with Crippen molar-refractivity contribution in [3.8, 4) is 0 Å². The molecule has 116 valence electrons. The van der Waals surface area contributed by atoms with Crippen LogP contribution in [-0.4, -0.2) is 20.7 Å². The Morgan fingerprint density at radius 2 is 1.82 bits per heavy atom. The number of nitrogens with zero attached hydrogens (tertiary/aromatic N) is 1. The molecule has 5 heteroatoms. The predicted molar refractivity (Wildman–Crippen MR) is 86.0 cm³/mol. The molecule has 0 unspecified atom stereocenters. The van der Waals surface area contributed by atoms with E-state index in [4.69, 9.17) is 0 Å². The van der Waals surface area contributed by atoms with E-state index in [1.165, 1.54) is 10.4 Å². The van der Waals surface area contributed by atoms with Gasteiger partial charge in [0.15, 0.2) is 0 Å². The maximum absolute atomic E-state index is 14.1. The first-order chi connectivity index (χ1) is 10.6. The van der Waals surface area contributed by atoms with Gasteiger partial charge in [0.2, 0.25) is 10.0 Å². The van der Waals surface area contributed by atoms with Crippen LogP contribution in [0.4, 0.5) is 10.1 Å². The van der Waals surface area contributed by atoms with E-state index in [-0.39, 0.29) is 11.4 Å². The Morgan fingerprint density at radius 3 is 2.59 bits per heavy atom. The Morgan fingerprint density at radius 1 is 1.05 bits per heavy atom. The highest BCUT2D eigenvalue weighted by atomic mass is 32.2. The van der Waals surface area contributed by atoms with Gasteiger partial charge in [0.25, 0.3) is 0 Å². The van der Waals surface area contributed by atoms with Crippen molar-refractivity contribution >= 4 is 15.7 Å². The molecule has 0 fully saturated rings. The first-order valence-corrected chi connectivity index (χ1v) is 9.00. The molecule has 0 amide bonds. The molecule has 0 spiro atoms. The van der Waals surface area contributed by atoms with E-state index < -0.39 is 15.8 Å². The van der Waals surface area contributed by atoms with E-state index in [2.05, 4.69) is 0 Å². The SMILES string of the molecule is O=S(=O)(CCc1ccccc1)N1CCCc2cccc(F)c21. The van der Waals surface area contributed by atoms with Gasteiger partial charge in [-0.05, 0) is 36.5 Å². The summed E-state index contributed by atoms with van der Waals surface area (Å²) >= 11 is 0. The fourth-order valence-corrected chi connectivity index (χ4v) is 4.45. The van der Waals surface area contributed by atoms with Crippen molar-refractivity contribution < 1.29 is 12.8 Å². The fourth-order valence-electron chi connectivity index (χ4n) is 2.85. The molecule has 0 saturated carbocycles. The zero-order valence-corrected chi connectivity index (χ0v) is 13.0. The molecule has 0 bridgehead atoms. The first kappa shape index (κ1) is 15.0. The first-order valence-electron chi connectivity index (χ1n) is 7.40. The maximum Gasteiger partial charge on any atom is 0.235 e. The summed E-state index contributed by atoms with van der Waals surface area (Å²) in [6, 6.07) is 14.2. The van der Waals surface area contributed by atoms with Gasteiger partial charge in [0.1, 0.15) is 5.82 Å². The van der Waals surface area contributed by atoms with Gasteiger partial charge < -0.3 is 0 Å². The van der Waals surface area contributed by atoms with Crippen LogP contribution in [0.15, 0.2) is 48.5 Å². The van der Waals surface area contributed by atoms with E-state index in [1.54, 1.807) is 12.1 Å². The number of benzene rings is 2. The minimum absolute atomic E-state index is 0.00914. The number of rotatable bonds is 4. The molecule has 3 nitrogen and oxygen atoms in total. The average molecular weight is 319 g/mol. The van der Waals surface area contributed by atoms with Crippen LogP contribution in [0.1, 0.15) is 17.5 Å². The van der Waals surface area contributed by atoms with Crippen LogP contribution in [0, 0.1) is 5.82 Å². The topological polar surface area (TPSA) is 37.4 Å². The third-order valence-corrected chi connectivity index (χ3v) is 5.71. The number of anilines is 1. The van der Waals surface area contributed by atoms with Crippen molar-refractivity contribution in [1.82, 2.24) is 0 Å². The molecule has 0 aromatic heterocycles. The Hall–Kier alpha value is -1.88. The monoisotopic (exact) mass is 319 g/mol. The highest BCUT2D eigenvalue weighted by molar-refractivity contribution is 7.92. The number of para-hydroxylation sites is 1. The van der Waals surface area contributed by atoms with E-state index >= 15 is 0 Å². The van der Waals surface area contributed by atoms with Crippen LogP contribution in [0.3, 0.4) is 0 Å². The quantitative estimate of drug-likeness (QED) is 0.868. The molecule has 0 saturated heterocycles. The Bertz CT molecular complexity index is 759. The van der Waals surface area contributed by atoms with Gasteiger partial charge in [0, 0.05) is 6.54 Å². The Labute approximate surface area is 130 Å². The third-order valence-electron chi connectivity index (χ3n) is 3.95. The van der Waals surface area contributed by atoms with Crippen LogP contribution in [0.25, 0.3) is 0 Å². The molecule has 2 aromatic carbocycles. The molecule has 1 aliphatic heterocycles. The Kier molecular flexibility index (Phi) is 4.16. The molecular weight excluding hydrogens is 301 g/mol. The molecule has 2 aromatic rings. The van der Waals surface area contributed by atoms with Crippen LogP contribution >= 0.6 is 0 Å². The Balaban J connectivity index is 1.85. The molecular formula is C17H18FNO2S. The van der Waals surface area contributed by atoms with Gasteiger partial charge in [-0.3, -0.25) is 4.31 Å². The normalized spacial score (nSPS) is 14.7. The minimum atomic E-state index is -3.52. The van der Waals surface area contributed by atoms with Crippen molar-refractivity contribution in [2.75, 3.05) is 16.6 Å². The molecule has 1 aliphatic rings. The summed E-state index contributed by atoms with van der Waals surface area (Å²) in [5.74, 6) is -0.467. The summed E-state index contributed by atoms with van der Waals surface area (Å²) in [4.78, 5) is 0. The van der Waals surface area contributed by atoms with Crippen molar-refractivity contribution in [3.05, 3.63) is 65.5 Å². The van der Waals surface area contributed by atoms with Gasteiger partial charge in [0.05, 0.1) is 11.4 Å². The number of hydrogen-bond donors (Lipinski definition) is 0. The largest absolute Gasteiger partial charge is 0.267 e. The summed E-state index contributed by atoms with van der Waals surface area (Å²) in [6.45, 7) is 0.352.